The number of hydrogen-bond donors (Lipinski definition) is 1. The molecule has 4 aromatic rings. The van der Waals surface area contributed by atoms with Gasteiger partial charge < -0.3 is 15.1 Å². The molecule has 0 aliphatic heterocycles. The average Bonchev–Trinajstić information content (AvgIpc) is 3.19. The summed E-state index contributed by atoms with van der Waals surface area (Å²) in [4.78, 5) is 12.6. The van der Waals surface area contributed by atoms with E-state index < -0.39 is 0 Å². The van der Waals surface area contributed by atoms with Crippen molar-refractivity contribution in [1.29, 1.82) is 0 Å². The molecule has 0 amide bonds. The Bertz CT molecular complexity index is 1220. The van der Waals surface area contributed by atoms with Crippen molar-refractivity contribution in [2.75, 3.05) is 6.61 Å². The Morgan fingerprint density at radius 1 is 1.07 bits per heavy atom. The Morgan fingerprint density at radius 2 is 1.87 bits per heavy atom. The summed E-state index contributed by atoms with van der Waals surface area (Å²) in [6, 6.07) is 22.3. The van der Waals surface area contributed by atoms with E-state index in [1.807, 2.05) is 60.3 Å². The van der Waals surface area contributed by atoms with Crippen LogP contribution in [-0.2, 0) is 11.3 Å². The summed E-state index contributed by atoms with van der Waals surface area (Å²) in [5, 5.41) is 5.99. The molecule has 0 fully saturated rings. The molecule has 2 N–H and O–H groups in total. The Balaban J connectivity index is 1.77. The Morgan fingerprint density at radius 3 is 2.70 bits per heavy atom. The van der Waals surface area contributed by atoms with Crippen LogP contribution in [0.4, 0.5) is 0 Å². The molecule has 0 spiro atoms. The first kappa shape index (κ1) is 19.5. The van der Waals surface area contributed by atoms with Crippen LogP contribution in [0.3, 0.4) is 0 Å². The normalized spacial score (nSPS) is 11.2. The lowest BCUT2D eigenvalue weighted by Crippen LogP contribution is -2.05. The standard InChI is InChI=1S/C25H23N3O2/c1-2-30-25(29)24-17-28(15-21-11-6-9-19-8-3-4-12-22(19)21)16-23(24)20-10-5-7-18(13-20)14-27-26/h3-14,16-17H,2,15,26H2,1H3/b27-14-. The lowest BCUT2D eigenvalue weighted by Gasteiger charge is -2.07. The molecular formula is C25H23N3O2. The van der Waals surface area contributed by atoms with Crippen molar-refractivity contribution in [2.24, 2.45) is 10.9 Å². The van der Waals surface area contributed by atoms with Gasteiger partial charge in [0.1, 0.15) is 0 Å². The third kappa shape index (κ3) is 3.96. The smallest absolute Gasteiger partial charge is 0.340 e. The molecule has 0 aliphatic carbocycles. The first-order valence-electron chi connectivity index (χ1n) is 9.87. The van der Waals surface area contributed by atoms with Crippen LogP contribution in [-0.4, -0.2) is 23.4 Å². The van der Waals surface area contributed by atoms with E-state index in [2.05, 4.69) is 35.4 Å². The van der Waals surface area contributed by atoms with Crippen LogP contribution in [0.5, 0.6) is 0 Å². The van der Waals surface area contributed by atoms with Crippen molar-refractivity contribution in [1.82, 2.24) is 4.57 Å². The number of ether oxygens (including phenoxy) is 1. The van der Waals surface area contributed by atoms with E-state index in [0.717, 1.165) is 16.7 Å². The second-order valence-electron chi connectivity index (χ2n) is 7.02. The van der Waals surface area contributed by atoms with Crippen LogP contribution in [0.2, 0.25) is 0 Å². The molecular weight excluding hydrogens is 374 g/mol. The quantitative estimate of drug-likeness (QED) is 0.219. The lowest BCUT2D eigenvalue weighted by molar-refractivity contribution is 0.0527. The Kier molecular flexibility index (Phi) is 5.61. The summed E-state index contributed by atoms with van der Waals surface area (Å²) in [5.74, 6) is 4.96. The van der Waals surface area contributed by atoms with E-state index in [4.69, 9.17) is 10.6 Å². The molecule has 30 heavy (non-hydrogen) atoms. The Labute approximate surface area is 175 Å². The molecule has 0 saturated carbocycles. The number of rotatable bonds is 6. The van der Waals surface area contributed by atoms with Crippen LogP contribution in [0.15, 0.2) is 84.2 Å². The van der Waals surface area contributed by atoms with Gasteiger partial charge in [0.2, 0.25) is 0 Å². The molecule has 0 radical (unpaired) electrons. The number of carbonyl (C=O) groups is 1. The molecule has 150 valence electrons. The highest BCUT2D eigenvalue weighted by Gasteiger charge is 2.18. The highest BCUT2D eigenvalue weighted by Crippen LogP contribution is 2.28. The number of benzene rings is 3. The molecule has 0 bridgehead atoms. The predicted molar refractivity (Wildman–Crippen MR) is 121 cm³/mol. The van der Waals surface area contributed by atoms with Crippen molar-refractivity contribution in [3.05, 3.63) is 95.8 Å². The summed E-state index contributed by atoms with van der Waals surface area (Å²) in [5.41, 5.74) is 4.33. The maximum absolute atomic E-state index is 12.6. The minimum Gasteiger partial charge on any atom is -0.462 e. The number of aromatic nitrogens is 1. The van der Waals surface area contributed by atoms with Crippen LogP contribution >= 0.6 is 0 Å². The van der Waals surface area contributed by atoms with Crippen molar-refractivity contribution in [3.8, 4) is 11.1 Å². The van der Waals surface area contributed by atoms with Gasteiger partial charge in [0, 0.05) is 24.5 Å². The summed E-state index contributed by atoms with van der Waals surface area (Å²) in [7, 11) is 0. The molecule has 5 nitrogen and oxygen atoms in total. The van der Waals surface area contributed by atoms with Crippen molar-refractivity contribution >= 4 is 23.0 Å². The van der Waals surface area contributed by atoms with Crippen LogP contribution < -0.4 is 5.84 Å². The Hall–Kier alpha value is -3.86. The van der Waals surface area contributed by atoms with E-state index in [1.54, 1.807) is 6.21 Å². The minimum absolute atomic E-state index is 0.326. The number of hydrazone groups is 1. The zero-order chi connectivity index (χ0) is 20.9. The monoisotopic (exact) mass is 397 g/mol. The highest BCUT2D eigenvalue weighted by molar-refractivity contribution is 5.98. The van der Waals surface area contributed by atoms with Gasteiger partial charge in [-0.1, -0.05) is 60.7 Å². The fourth-order valence-electron chi connectivity index (χ4n) is 3.70. The number of esters is 1. The molecule has 5 heteroatoms. The number of hydrogen-bond acceptors (Lipinski definition) is 4. The fourth-order valence-corrected chi connectivity index (χ4v) is 3.70. The lowest BCUT2D eigenvalue weighted by atomic mass is 10.0. The summed E-state index contributed by atoms with van der Waals surface area (Å²) < 4.78 is 7.34. The third-order valence-electron chi connectivity index (χ3n) is 5.03. The van der Waals surface area contributed by atoms with Gasteiger partial charge in [0.25, 0.3) is 0 Å². The van der Waals surface area contributed by atoms with E-state index in [1.165, 1.54) is 16.3 Å². The molecule has 0 atom stereocenters. The molecule has 0 aliphatic rings. The number of fused-ring (bicyclic) bond motifs is 1. The van der Waals surface area contributed by atoms with Gasteiger partial charge in [-0.05, 0) is 40.5 Å². The summed E-state index contributed by atoms with van der Waals surface area (Å²) in [6.07, 6.45) is 5.44. The molecule has 1 heterocycles. The van der Waals surface area contributed by atoms with Gasteiger partial charge in [-0.15, -0.1) is 0 Å². The number of carbonyl (C=O) groups excluding carboxylic acids is 1. The van der Waals surface area contributed by atoms with E-state index in [0.29, 0.717) is 18.7 Å². The van der Waals surface area contributed by atoms with E-state index in [9.17, 15) is 4.79 Å². The molecule has 1 aromatic heterocycles. The minimum atomic E-state index is -0.331. The van der Waals surface area contributed by atoms with Gasteiger partial charge in [-0.3, -0.25) is 0 Å². The topological polar surface area (TPSA) is 69.6 Å². The predicted octanol–water partition coefficient (Wildman–Crippen LogP) is 4.83. The van der Waals surface area contributed by atoms with E-state index in [-0.39, 0.29) is 5.97 Å². The van der Waals surface area contributed by atoms with Crippen LogP contribution in [0.25, 0.3) is 21.9 Å². The maximum Gasteiger partial charge on any atom is 0.340 e. The van der Waals surface area contributed by atoms with Crippen LogP contribution in [0, 0.1) is 0 Å². The fraction of sp³-hybridized carbons (Fsp3) is 0.120. The van der Waals surface area contributed by atoms with Gasteiger partial charge in [-0.2, -0.15) is 5.10 Å². The van der Waals surface area contributed by atoms with Crippen molar-refractivity contribution in [2.45, 2.75) is 13.5 Å². The summed E-state index contributed by atoms with van der Waals surface area (Å²) in [6.45, 7) is 2.79. The van der Waals surface area contributed by atoms with Crippen molar-refractivity contribution < 1.29 is 9.53 Å². The van der Waals surface area contributed by atoms with Crippen LogP contribution in [0.1, 0.15) is 28.4 Å². The first-order valence-corrected chi connectivity index (χ1v) is 9.87. The summed E-state index contributed by atoms with van der Waals surface area (Å²) >= 11 is 0. The maximum atomic E-state index is 12.6. The molecule has 0 saturated heterocycles. The third-order valence-corrected chi connectivity index (χ3v) is 5.03. The number of nitrogens with two attached hydrogens (primary N) is 1. The molecule has 3 aromatic carbocycles. The zero-order valence-electron chi connectivity index (χ0n) is 16.8. The average molecular weight is 397 g/mol. The van der Waals surface area contributed by atoms with Crippen molar-refractivity contribution in [3.63, 3.8) is 0 Å². The molecule has 0 unspecified atom stereocenters. The second kappa shape index (κ2) is 8.66. The largest absolute Gasteiger partial charge is 0.462 e. The number of nitrogens with zero attached hydrogens (tertiary/aromatic N) is 2. The first-order chi connectivity index (χ1) is 14.7. The second-order valence-corrected chi connectivity index (χ2v) is 7.02. The van der Waals surface area contributed by atoms with Gasteiger partial charge >= 0.3 is 5.97 Å². The molecule has 4 rings (SSSR count). The van der Waals surface area contributed by atoms with Gasteiger partial charge in [0.15, 0.2) is 0 Å². The SMILES string of the molecule is CCOC(=O)c1cn(Cc2cccc3ccccc23)cc1-c1cccc(/C=N\N)c1. The van der Waals surface area contributed by atoms with E-state index >= 15 is 0 Å². The van der Waals surface area contributed by atoms with Gasteiger partial charge in [-0.25, -0.2) is 4.79 Å². The highest BCUT2D eigenvalue weighted by atomic mass is 16.5. The zero-order valence-corrected chi connectivity index (χ0v) is 16.8. The van der Waals surface area contributed by atoms with Gasteiger partial charge in [0.05, 0.1) is 18.4 Å².